The molecule has 0 atom stereocenters. The summed E-state index contributed by atoms with van der Waals surface area (Å²) in [4.78, 5) is 35.4. The first kappa shape index (κ1) is 21.0. The van der Waals surface area contributed by atoms with Gasteiger partial charge in [0.1, 0.15) is 0 Å². The van der Waals surface area contributed by atoms with Gasteiger partial charge >= 0.3 is 0 Å². The van der Waals surface area contributed by atoms with Crippen LogP contribution in [0.15, 0.2) is 48.5 Å². The predicted octanol–water partition coefficient (Wildman–Crippen LogP) is 3.22. The van der Waals surface area contributed by atoms with Gasteiger partial charge in [-0.25, -0.2) is 0 Å². The normalized spacial score (nSPS) is 10.7. The molecule has 0 saturated heterocycles. The van der Waals surface area contributed by atoms with Gasteiger partial charge in [0.05, 0.1) is 6.54 Å². The van der Waals surface area contributed by atoms with Crippen molar-refractivity contribution in [3.63, 3.8) is 0 Å². The molecule has 0 unspecified atom stereocenters. The molecule has 0 bridgehead atoms. The van der Waals surface area contributed by atoms with Crippen molar-refractivity contribution in [3.05, 3.63) is 54.1 Å². The highest BCUT2D eigenvalue weighted by molar-refractivity contribution is 5.97. The quantitative estimate of drug-likeness (QED) is 0.616. The van der Waals surface area contributed by atoms with Gasteiger partial charge in [-0.15, -0.1) is 0 Å². The fourth-order valence-electron chi connectivity index (χ4n) is 2.42. The number of nitrogens with one attached hydrogen (secondary N) is 4. The molecule has 0 aromatic heterocycles. The lowest BCUT2D eigenvalue weighted by Crippen LogP contribution is -2.40. The van der Waals surface area contributed by atoms with Crippen LogP contribution in [0.5, 0.6) is 0 Å². The van der Waals surface area contributed by atoms with Gasteiger partial charge in [-0.3, -0.25) is 14.4 Å². The third-order valence-corrected chi connectivity index (χ3v) is 3.56. The average Bonchev–Trinajstić information content (AvgIpc) is 2.59. The lowest BCUT2D eigenvalue weighted by molar-refractivity contribution is -0.115. The molecule has 0 aliphatic heterocycles. The van der Waals surface area contributed by atoms with Crippen molar-refractivity contribution >= 4 is 34.8 Å². The highest BCUT2D eigenvalue weighted by Gasteiger charge is 2.15. The maximum atomic E-state index is 12.1. The lowest BCUT2D eigenvalue weighted by Gasteiger charge is -2.20. The van der Waals surface area contributed by atoms with Crippen LogP contribution < -0.4 is 21.3 Å². The van der Waals surface area contributed by atoms with E-state index in [-0.39, 0.29) is 29.8 Å². The van der Waals surface area contributed by atoms with E-state index in [1.54, 1.807) is 48.5 Å². The largest absolute Gasteiger partial charge is 0.376 e. The molecule has 7 heteroatoms. The first-order chi connectivity index (χ1) is 13.1. The van der Waals surface area contributed by atoms with Crippen LogP contribution in [0.3, 0.4) is 0 Å². The summed E-state index contributed by atoms with van der Waals surface area (Å²) in [5.74, 6) is -0.544. The number of hydrogen-bond donors (Lipinski definition) is 4. The van der Waals surface area contributed by atoms with Gasteiger partial charge < -0.3 is 21.3 Å². The van der Waals surface area contributed by atoms with Crippen molar-refractivity contribution in [2.24, 2.45) is 0 Å². The molecule has 0 heterocycles. The van der Waals surface area contributed by atoms with Gasteiger partial charge in [0, 0.05) is 35.1 Å². The Labute approximate surface area is 164 Å². The average molecular weight is 382 g/mol. The first-order valence-electron chi connectivity index (χ1n) is 8.96. The van der Waals surface area contributed by atoms with E-state index in [0.29, 0.717) is 16.9 Å². The number of hydrogen-bond acceptors (Lipinski definition) is 4. The summed E-state index contributed by atoms with van der Waals surface area (Å²) in [5, 5.41) is 11.4. The maximum absolute atomic E-state index is 12.1. The summed E-state index contributed by atoms with van der Waals surface area (Å²) in [7, 11) is 0. The SMILES string of the molecule is CC(=O)Nc1cccc(NCC(=O)Nc2ccc(C(=O)NC(C)(C)C)cc2)c1. The summed E-state index contributed by atoms with van der Waals surface area (Å²) in [6.45, 7) is 7.25. The minimum atomic E-state index is -0.313. The molecule has 0 fully saturated rings. The Balaban J connectivity index is 1.88. The molecule has 28 heavy (non-hydrogen) atoms. The number of carbonyl (C=O) groups excluding carboxylic acids is 3. The van der Waals surface area contributed by atoms with Crippen LogP contribution in [0.1, 0.15) is 38.1 Å². The zero-order valence-electron chi connectivity index (χ0n) is 16.6. The molecular formula is C21H26N4O3. The lowest BCUT2D eigenvalue weighted by atomic mass is 10.1. The number of anilines is 3. The molecule has 3 amide bonds. The van der Waals surface area contributed by atoms with Crippen molar-refractivity contribution < 1.29 is 14.4 Å². The van der Waals surface area contributed by atoms with Crippen LogP contribution in [0.2, 0.25) is 0 Å². The molecule has 4 N–H and O–H groups in total. The Morgan fingerprint density at radius 3 is 2.11 bits per heavy atom. The molecule has 2 aromatic rings. The van der Waals surface area contributed by atoms with E-state index in [2.05, 4.69) is 21.3 Å². The van der Waals surface area contributed by atoms with E-state index in [9.17, 15) is 14.4 Å². The van der Waals surface area contributed by atoms with Gasteiger partial charge in [0.25, 0.3) is 5.91 Å². The number of benzene rings is 2. The Morgan fingerprint density at radius 1 is 0.857 bits per heavy atom. The first-order valence-corrected chi connectivity index (χ1v) is 8.96. The summed E-state index contributed by atoms with van der Waals surface area (Å²) in [5.41, 5.74) is 2.19. The topological polar surface area (TPSA) is 99.3 Å². The Hall–Kier alpha value is -3.35. The monoisotopic (exact) mass is 382 g/mol. The molecule has 0 aliphatic rings. The van der Waals surface area contributed by atoms with Gasteiger partial charge in [0.2, 0.25) is 11.8 Å². The molecule has 2 rings (SSSR count). The second kappa shape index (κ2) is 9.03. The van der Waals surface area contributed by atoms with Crippen molar-refractivity contribution in [1.82, 2.24) is 5.32 Å². The Morgan fingerprint density at radius 2 is 1.50 bits per heavy atom. The Kier molecular flexibility index (Phi) is 6.76. The Bertz CT molecular complexity index is 855. The van der Waals surface area contributed by atoms with Gasteiger partial charge in [0.15, 0.2) is 0 Å². The van der Waals surface area contributed by atoms with Gasteiger partial charge in [-0.2, -0.15) is 0 Å². The summed E-state index contributed by atoms with van der Waals surface area (Å²) in [6.07, 6.45) is 0. The van der Waals surface area contributed by atoms with Crippen LogP contribution in [0.4, 0.5) is 17.1 Å². The van der Waals surface area contributed by atoms with E-state index >= 15 is 0 Å². The van der Waals surface area contributed by atoms with E-state index in [4.69, 9.17) is 0 Å². The van der Waals surface area contributed by atoms with Gasteiger partial charge in [-0.05, 0) is 63.2 Å². The van der Waals surface area contributed by atoms with Crippen molar-refractivity contribution in [2.45, 2.75) is 33.2 Å². The summed E-state index contributed by atoms with van der Waals surface area (Å²) < 4.78 is 0. The molecule has 0 saturated carbocycles. The molecule has 2 aromatic carbocycles. The molecule has 0 aliphatic carbocycles. The highest BCUT2D eigenvalue weighted by Crippen LogP contribution is 2.15. The minimum absolute atomic E-state index is 0.0653. The van der Waals surface area contributed by atoms with Crippen molar-refractivity contribution in [2.75, 3.05) is 22.5 Å². The van der Waals surface area contributed by atoms with E-state index in [1.165, 1.54) is 6.92 Å². The standard InChI is InChI=1S/C21H26N4O3/c1-14(26)23-18-7-5-6-17(12-18)22-13-19(27)24-16-10-8-15(9-11-16)20(28)25-21(2,3)4/h5-12,22H,13H2,1-4H3,(H,23,26)(H,24,27)(H,25,28). The second-order valence-electron chi connectivity index (χ2n) is 7.45. The zero-order valence-corrected chi connectivity index (χ0v) is 16.6. The van der Waals surface area contributed by atoms with Gasteiger partial charge in [-0.1, -0.05) is 6.07 Å². The third-order valence-electron chi connectivity index (χ3n) is 3.56. The van der Waals surface area contributed by atoms with Crippen LogP contribution in [-0.2, 0) is 9.59 Å². The summed E-state index contributed by atoms with van der Waals surface area (Å²) >= 11 is 0. The van der Waals surface area contributed by atoms with Crippen LogP contribution >= 0.6 is 0 Å². The number of rotatable bonds is 6. The molecule has 148 valence electrons. The molecule has 0 spiro atoms. The van der Waals surface area contributed by atoms with E-state index in [1.807, 2.05) is 20.8 Å². The van der Waals surface area contributed by atoms with E-state index < -0.39 is 0 Å². The third kappa shape index (κ3) is 7.11. The van der Waals surface area contributed by atoms with Crippen LogP contribution in [-0.4, -0.2) is 29.8 Å². The fourth-order valence-corrected chi connectivity index (χ4v) is 2.42. The highest BCUT2D eigenvalue weighted by atomic mass is 16.2. The van der Waals surface area contributed by atoms with Crippen molar-refractivity contribution in [3.8, 4) is 0 Å². The predicted molar refractivity (Wildman–Crippen MR) is 112 cm³/mol. The zero-order chi connectivity index (χ0) is 20.7. The number of amides is 3. The minimum Gasteiger partial charge on any atom is -0.376 e. The smallest absolute Gasteiger partial charge is 0.251 e. The van der Waals surface area contributed by atoms with E-state index in [0.717, 1.165) is 5.69 Å². The van der Waals surface area contributed by atoms with Crippen LogP contribution in [0.25, 0.3) is 0 Å². The fraction of sp³-hybridized carbons (Fsp3) is 0.286. The molecule has 0 radical (unpaired) electrons. The number of carbonyl (C=O) groups is 3. The summed E-state index contributed by atoms with van der Waals surface area (Å²) in [6, 6.07) is 13.8. The maximum Gasteiger partial charge on any atom is 0.251 e. The van der Waals surface area contributed by atoms with Crippen LogP contribution in [0, 0.1) is 0 Å². The van der Waals surface area contributed by atoms with Crippen molar-refractivity contribution in [1.29, 1.82) is 0 Å². The second-order valence-corrected chi connectivity index (χ2v) is 7.45. The molecule has 7 nitrogen and oxygen atoms in total. The molecular weight excluding hydrogens is 356 g/mol.